The molecule has 7 nitrogen and oxygen atoms in total. The first-order valence-corrected chi connectivity index (χ1v) is 7.27. The van der Waals surface area contributed by atoms with Gasteiger partial charge in [-0.05, 0) is 19.8 Å². The van der Waals surface area contributed by atoms with E-state index in [-0.39, 0.29) is 11.8 Å². The summed E-state index contributed by atoms with van der Waals surface area (Å²) in [6.07, 6.45) is 2.74. The molecular formula is C14H24N2O5. The van der Waals surface area contributed by atoms with Crippen LogP contribution in [0.1, 0.15) is 32.6 Å². The van der Waals surface area contributed by atoms with Crippen molar-refractivity contribution in [3.05, 3.63) is 0 Å². The summed E-state index contributed by atoms with van der Waals surface area (Å²) < 4.78 is 4.82. The Morgan fingerprint density at radius 3 is 2.43 bits per heavy atom. The smallest absolute Gasteiger partial charge is 0.307 e. The van der Waals surface area contributed by atoms with Crippen LogP contribution in [0.25, 0.3) is 0 Å². The van der Waals surface area contributed by atoms with Gasteiger partial charge in [0.2, 0.25) is 11.8 Å². The van der Waals surface area contributed by atoms with Gasteiger partial charge in [0.15, 0.2) is 0 Å². The van der Waals surface area contributed by atoms with E-state index in [4.69, 9.17) is 4.74 Å². The molecule has 3 unspecified atom stereocenters. The first-order valence-electron chi connectivity index (χ1n) is 7.27. The Kier molecular flexibility index (Phi) is 7.14. The van der Waals surface area contributed by atoms with Gasteiger partial charge in [-0.15, -0.1) is 0 Å². The van der Waals surface area contributed by atoms with Gasteiger partial charge in [-0.1, -0.05) is 12.8 Å². The number of aliphatic carboxylic acids is 1. The molecule has 1 aliphatic carbocycles. The van der Waals surface area contributed by atoms with Crippen LogP contribution < -0.4 is 10.6 Å². The molecule has 0 aromatic rings. The van der Waals surface area contributed by atoms with Crippen molar-refractivity contribution in [2.24, 2.45) is 11.8 Å². The summed E-state index contributed by atoms with van der Waals surface area (Å²) in [6, 6.07) is -0.689. The van der Waals surface area contributed by atoms with Gasteiger partial charge in [-0.25, -0.2) is 0 Å². The Bertz CT molecular complexity index is 386. The minimum atomic E-state index is -0.938. The SMILES string of the molecule is COCCNC(=O)C(C)NC(=O)C1CCCCC1C(=O)O. The predicted molar refractivity (Wildman–Crippen MR) is 75.6 cm³/mol. The zero-order valence-corrected chi connectivity index (χ0v) is 12.6. The van der Waals surface area contributed by atoms with Crippen LogP contribution in [0.15, 0.2) is 0 Å². The van der Waals surface area contributed by atoms with E-state index in [9.17, 15) is 19.5 Å². The molecular weight excluding hydrogens is 276 g/mol. The second kappa shape index (κ2) is 8.61. The van der Waals surface area contributed by atoms with E-state index in [1.54, 1.807) is 6.92 Å². The van der Waals surface area contributed by atoms with E-state index >= 15 is 0 Å². The van der Waals surface area contributed by atoms with Crippen LogP contribution in [0.5, 0.6) is 0 Å². The molecule has 21 heavy (non-hydrogen) atoms. The fraction of sp³-hybridized carbons (Fsp3) is 0.786. The summed E-state index contributed by atoms with van der Waals surface area (Å²) >= 11 is 0. The maximum Gasteiger partial charge on any atom is 0.307 e. The number of carbonyl (C=O) groups is 3. The molecule has 1 aliphatic rings. The number of carbonyl (C=O) groups excluding carboxylic acids is 2. The second-order valence-corrected chi connectivity index (χ2v) is 5.35. The van der Waals surface area contributed by atoms with Gasteiger partial charge in [0, 0.05) is 13.7 Å². The Labute approximate surface area is 124 Å². The lowest BCUT2D eigenvalue weighted by molar-refractivity contribution is -0.149. The number of hydrogen-bond acceptors (Lipinski definition) is 4. The molecule has 7 heteroatoms. The minimum absolute atomic E-state index is 0.303. The fourth-order valence-corrected chi connectivity index (χ4v) is 2.56. The van der Waals surface area contributed by atoms with Crippen molar-refractivity contribution < 1.29 is 24.2 Å². The largest absolute Gasteiger partial charge is 0.481 e. The second-order valence-electron chi connectivity index (χ2n) is 5.35. The van der Waals surface area contributed by atoms with Gasteiger partial charge in [-0.3, -0.25) is 14.4 Å². The molecule has 0 saturated heterocycles. The molecule has 0 aliphatic heterocycles. The lowest BCUT2D eigenvalue weighted by Crippen LogP contribution is -2.49. The lowest BCUT2D eigenvalue weighted by Gasteiger charge is -2.28. The highest BCUT2D eigenvalue weighted by Crippen LogP contribution is 2.30. The quantitative estimate of drug-likeness (QED) is 0.580. The Balaban J connectivity index is 2.50. The third-order valence-corrected chi connectivity index (χ3v) is 3.78. The van der Waals surface area contributed by atoms with E-state index in [0.29, 0.717) is 26.0 Å². The Morgan fingerprint density at radius 2 is 1.86 bits per heavy atom. The van der Waals surface area contributed by atoms with Crippen LogP contribution >= 0.6 is 0 Å². The van der Waals surface area contributed by atoms with E-state index in [0.717, 1.165) is 12.8 Å². The highest BCUT2D eigenvalue weighted by Gasteiger charge is 2.36. The summed E-state index contributed by atoms with van der Waals surface area (Å²) in [5, 5.41) is 14.4. The van der Waals surface area contributed by atoms with Crippen molar-refractivity contribution in [2.45, 2.75) is 38.6 Å². The fourth-order valence-electron chi connectivity index (χ4n) is 2.56. The zero-order valence-electron chi connectivity index (χ0n) is 12.6. The molecule has 0 heterocycles. The normalized spacial score (nSPS) is 23.1. The third kappa shape index (κ3) is 5.34. The number of ether oxygens (including phenoxy) is 1. The number of nitrogens with one attached hydrogen (secondary N) is 2. The highest BCUT2D eigenvalue weighted by molar-refractivity contribution is 5.90. The van der Waals surface area contributed by atoms with Gasteiger partial charge in [0.05, 0.1) is 18.4 Å². The van der Waals surface area contributed by atoms with Crippen molar-refractivity contribution in [3.8, 4) is 0 Å². The average Bonchev–Trinajstić information content (AvgIpc) is 2.47. The molecule has 1 fully saturated rings. The summed E-state index contributed by atoms with van der Waals surface area (Å²) in [5.74, 6) is -2.79. The molecule has 3 N–H and O–H groups in total. The van der Waals surface area contributed by atoms with Crippen LogP contribution in [0, 0.1) is 11.8 Å². The molecule has 0 bridgehead atoms. The molecule has 1 rings (SSSR count). The number of methoxy groups -OCH3 is 1. The zero-order chi connectivity index (χ0) is 15.8. The molecule has 120 valence electrons. The molecule has 1 saturated carbocycles. The van der Waals surface area contributed by atoms with Crippen LogP contribution in [0.4, 0.5) is 0 Å². The number of rotatable bonds is 7. The predicted octanol–water partition coefficient (Wildman–Crippen LogP) is 0.145. The molecule has 2 amide bonds. The summed E-state index contributed by atoms with van der Waals surface area (Å²) in [6.45, 7) is 2.35. The van der Waals surface area contributed by atoms with Crippen molar-refractivity contribution in [3.63, 3.8) is 0 Å². The first-order chi connectivity index (χ1) is 9.97. The van der Waals surface area contributed by atoms with Crippen molar-refractivity contribution in [1.82, 2.24) is 10.6 Å². The van der Waals surface area contributed by atoms with Gasteiger partial charge in [-0.2, -0.15) is 0 Å². The topological polar surface area (TPSA) is 105 Å². The highest BCUT2D eigenvalue weighted by atomic mass is 16.5. The maximum atomic E-state index is 12.2. The molecule has 0 aromatic carbocycles. The van der Waals surface area contributed by atoms with E-state index in [2.05, 4.69) is 10.6 Å². The summed E-state index contributed by atoms with van der Waals surface area (Å²) in [4.78, 5) is 35.1. The van der Waals surface area contributed by atoms with Crippen molar-refractivity contribution >= 4 is 17.8 Å². The molecule has 0 radical (unpaired) electrons. The van der Waals surface area contributed by atoms with E-state index in [1.807, 2.05) is 0 Å². The number of hydrogen-bond donors (Lipinski definition) is 3. The van der Waals surface area contributed by atoms with Crippen molar-refractivity contribution in [1.29, 1.82) is 0 Å². The molecule has 0 spiro atoms. The standard InChI is InChI=1S/C14H24N2O5/c1-9(12(17)15-7-8-21-2)16-13(18)10-5-3-4-6-11(10)14(19)20/h9-11H,3-8H2,1-2H3,(H,15,17)(H,16,18)(H,19,20). The van der Waals surface area contributed by atoms with E-state index < -0.39 is 23.8 Å². The van der Waals surface area contributed by atoms with Gasteiger partial charge in [0.1, 0.15) is 6.04 Å². The summed E-state index contributed by atoms with van der Waals surface area (Å²) in [5.41, 5.74) is 0. The first kappa shape index (κ1) is 17.4. The van der Waals surface area contributed by atoms with Crippen LogP contribution in [0.2, 0.25) is 0 Å². The maximum absolute atomic E-state index is 12.2. The van der Waals surface area contributed by atoms with Crippen LogP contribution in [-0.2, 0) is 19.1 Å². The third-order valence-electron chi connectivity index (χ3n) is 3.78. The summed E-state index contributed by atoms with van der Waals surface area (Å²) in [7, 11) is 1.53. The number of carboxylic acid groups (broad SMARTS) is 1. The van der Waals surface area contributed by atoms with Crippen molar-refractivity contribution in [2.75, 3.05) is 20.3 Å². The molecule has 3 atom stereocenters. The number of carboxylic acids is 1. The minimum Gasteiger partial charge on any atom is -0.481 e. The molecule has 0 aromatic heterocycles. The monoisotopic (exact) mass is 300 g/mol. The van der Waals surface area contributed by atoms with Gasteiger partial charge >= 0.3 is 5.97 Å². The van der Waals surface area contributed by atoms with Crippen LogP contribution in [-0.4, -0.2) is 49.2 Å². The van der Waals surface area contributed by atoms with Crippen LogP contribution in [0.3, 0.4) is 0 Å². The Morgan fingerprint density at radius 1 is 1.24 bits per heavy atom. The van der Waals surface area contributed by atoms with Gasteiger partial charge < -0.3 is 20.5 Å². The number of amides is 2. The van der Waals surface area contributed by atoms with E-state index in [1.165, 1.54) is 7.11 Å². The van der Waals surface area contributed by atoms with Gasteiger partial charge in [0.25, 0.3) is 0 Å². The Hall–Kier alpha value is -1.63. The lowest BCUT2D eigenvalue weighted by atomic mass is 9.78. The average molecular weight is 300 g/mol.